The van der Waals surface area contributed by atoms with Gasteiger partial charge in [0.2, 0.25) is 0 Å². The van der Waals surface area contributed by atoms with E-state index in [1.165, 1.54) is 7.05 Å². The molecule has 26 heavy (non-hydrogen) atoms. The van der Waals surface area contributed by atoms with E-state index in [1.54, 1.807) is 6.92 Å². The standard InChI is InChI=1S/C18H17F3N4O/c1-12(13-5-7-14(8-6-13)25-9-3-4-10-25)22-17(26)15-11-16(18(19,20)21)23-24(15)2/h3-12H,1-2H3,(H,22,26). The van der Waals surface area contributed by atoms with Crippen LogP contribution in [-0.4, -0.2) is 20.3 Å². The molecule has 0 spiro atoms. The molecular weight excluding hydrogens is 345 g/mol. The zero-order valence-electron chi connectivity index (χ0n) is 14.2. The van der Waals surface area contributed by atoms with Gasteiger partial charge in [-0.15, -0.1) is 0 Å². The van der Waals surface area contributed by atoms with Crippen molar-refractivity contribution in [3.8, 4) is 5.69 Å². The van der Waals surface area contributed by atoms with Gasteiger partial charge < -0.3 is 9.88 Å². The number of aryl methyl sites for hydroxylation is 1. The molecule has 0 saturated heterocycles. The van der Waals surface area contributed by atoms with Crippen LogP contribution in [0, 0.1) is 0 Å². The van der Waals surface area contributed by atoms with Crippen molar-refractivity contribution in [3.63, 3.8) is 0 Å². The van der Waals surface area contributed by atoms with Crippen LogP contribution in [0.2, 0.25) is 0 Å². The fraction of sp³-hybridized carbons (Fsp3) is 0.222. The van der Waals surface area contributed by atoms with Crippen molar-refractivity contribution in [2.45, 2.75) is 19.1 Å². The van der Waals surface area contributed by atoms with Crippen LogP contribution >= 0.6 is 0 Å². The number of aromatic nitrogens is 3. The number of halogens is 3. The predicted molar refractivity (Wildman–Crippen MR) is 89.9 cm³/mol. The summed E-state index contributed by atoms with van der Waals surface area (Å²) in [4.78, 5) is 12.3. The maximum absolute atomic E-state index is 12.7. The van der Waals surface area contributed by atoms with Gasteiger partial charge in [-0.05, 0) is 36.8 Å². The molecule has 8 heteroatoms. The first kappa shape index (κ1) is 17.8. The number of alkyl halides is 3. The van der Waals surface area contributed by atoms with Crippen molar-refractivity contribution in [2.75, 3.05) is 0 Å². The quantitative estimate of drug-likeness (QED) is 0.769. The van der Waals surface area contributed by atoms with Crippen LogP contribution in [0.15, 0.2) is 54.9 Å². The Morgan fingerprint density at radius 2 is 1.77 bits per heavy atom. The highest BCUT2D eigenvalue weighted by atomic mass is 19.4. The Hall–Kier alpha value is -3.03. The van der Waals surface area contributed by atoms with Gasteiger partial charge in [0.05, 0.1) is 6.04 Å². The number of hydrogen-bond acceptors (Lipinski definition) is 2. The highest BCUT2D eigenvalue weighted by Crippen LogP contribution is 2.28. The number of carbonyl (C=O) groups is 1. The summed E-state index contributed by atoms with van der Waals surface area (Å²) in [7, 11) is 1.31. The normalized spacial score (nSPS) is 12.8. The lowest BCUT2D eigenvalue weighted by molar-refractivity contribution is -0.141. The molecule has 2 aromatic heterocycles. The van der Waals surface area contributed by atoms with Gasteiger partial charge in [0, 0.05) is 31.2 Å². The largest absolute Gasteiger partial charge is 0.435 e. The zero-order chi connectivity index (χ0) is 18.9. The lowest BCUT2D eigenvalue weighted by Gasteiger charge is -2.15. The van der Waals surface area contributed by atoms with Crippen molar-refractivity contribution in [2.24, 2.45) is 7.05 Å². The molecule has 2 heterocycles. The Labute approximate surface area is 148 Å². The minimum atomic E-state index is -4.59. The molecule has 1 N–H and O–H groups in total. The molecule has 1 amide bonds. The third-order valence-corrected chi connectivity index (χ3v) is 4.05. The molecule has 0 aliphatic heterocycles. The number of nitrogens with zero attached hydrogens (tertiary/aromatic N) is 3. The lowest BCUT2D eigenvalue weighted by atomic mass is 10.1. The van der Waals surface area contributed by atoms with E-state index in [0.29, 0.717) is 0 Å². The maximum Gasteiger partial charge on any atom is 0.435 e. The molecule has 136 valence electrons. The molecular formula is C18H17F3N4O. The number of hydrogen-bond donors (Lipinski definition) is 1. The molecule has 3 rings (SSSR count). The molecule has 0 aliphatic carbocycles. The smallest absolute Gasteiger partial charge is 0.344 e. The van der Waals surface area contributed by atoms with E-state index in [4.69, 9.17) is 0 Å². The first-order chi connectivity index (χ1) is 12.3. The minimum Gasteiger partial charge on any atom is -0.344 e. The van der Waals surface area contributed by atoms with E-state index < -0.39 is 17.8 Å². The number of carbonyl (C=O) groups excluding carboxylic acids is 1. The summed E-state index contributed by atoms with van der Waals surface area (Å²) in [6.07, 6.45) is -0.752. The Morgan fingerprint density at radius 3 is 2.31 bits per heavy atom. The molecule has 0 radical (unpaired) electrons. The van der Waals surface area contributed by atoms with Crippen molar-refractivity contribution >= 4 is 5.91 Å². The SMILES string of the molecule is CC(NC(=O)c1cc(C(F)(F)F)nn1C)c1ccc(-n2cccc2)cc1. The van der Waals surface area contributed by atoms with E-state index in [-0.39, 0.29) is 11.7 Å². The molecule has 0 bridgehead atoms. The van der Waals surface area contributed by atoms with Crippen LogP contribution in [-0.2, 0) is 13.2 Å². The molecule has 1 aromatic carbocycles. The topological polar surface area (TPSA) is 51.9 Å². The summed E-state index contributed by atoms with van der Waals surface area (Å²) in [5.41, 5.74) is 0.577. The van der Waals surface area contributed by atoms with Gasteiger partial charge in [-0.2, -0.15) is 18.3 Å². The fourth-order valence-electron chi connectivity index (χ4n) is 2.61. The average molecular weight is 362 g/mol. The van der Waals surface area contributed by atoms with Gasteiger partial charge in [-0.25, -0.2) is 0 Å². The number of amides is 1. The number of nitrogens with one attached hydrogen (secondary N) is 1. The van der Waals surface area contributed by atoms with E-state index in [1.807, 2.05) is 53.4 Å². The van der Waals surface area contributed by atoms with Crippen molar-refractivity contribution in [1.82, 2.24) is 19.7 Å². The zero-order valence-corrected chi connectivity index (χ0v) is 14.2. The second-order valence-electron chi connectivity index (χ2n) is 5.91. The van der Waals surface area contributed by atoms with Crippen LogP contribution in [0.5, 0.6) is 0 Å². The van der Waals surface area contributed by atoms with Gasteiger partial charge in [0.1, 0.15) is 5.69 Å². The van der Waals surface area contributed by atoms with Gasteiger partial charge in [-0.3, -0.25) is 9.48 Å². The van der Waals surface area contributed by atoms with Gasteiger partial charge in [0.25, 0.3) is 5.91 Å². The molecule has 5 nitrogen and oxygen atoms in total. The van der Waals surface area contributed by atoms with Crippen molar-refractivity contribution in [3.05, 3.63) is 71.8 Å². The Bertz CT molecular complexity index is 896. The number of rotatable bonds is 4. The first-order valence-electron chi connectivity index (χ1n) is 7.91. The third kappa shape index (κ3) is 3.63. The van der Waals surface area contributed by atoms with Crippen LogP contribution in [0.1, 0.15) is 34.7 Å². The third-order valence-electron chi connectivity index (χ3n) is 4.05. The van der Waals surface area contributed by atoms with Crippen LogP contribution in [0.25, 0.3) is 5.69 Å². The highest BCUT2D eigenvalue weighted by molar-refractivity contribution is 5.93. The average Bonchev–Trinajstić information content (AvgIpc) is 3.24. The van der Waals surface area contributed by atoms with E-state index in [9.17, 15) is 18.0 Å². The van der Waals surface area contributed by atoms with Gasteiger partial charge in [0.15, 0.2) is 5.69 Å². The molecule has 1 atom stereocenters. The summed E-state index contributed by atoms with van der Waals surface area (Å²) >= 11 is 0. The monoisotopic (exact) mass is 362 g/mol. The molecule has 0 fully saturated rings. The highest BCUT2D eigenvalue weighted by Gasteiger charge is 2.35. The summed E-state index contributed by atoms with van der Waals surface area (Å²) in [6.45, 7) is 1.77. The molecule has 1 unspecified atom stereocenters. The van der Waals surface area contributed by atoms with Crippen molar-refractivity contribution in [1.29, 1.82) is 0 Å². The van der Waals surface area contributed by atoms with Crippen LogP contribution < -0.4 is 5.32 Å². The second kappa shape index (κ2) is 6.70. The Morgan fingerprint density at radius 1 is 1.15 bits per heavy atom. The Kier molecular flexibility index (Phi) is 4.58. The first-order valence-corrected chi connectivity index (χ1v) is 7.91. The van der Waals surface area contributed by atoms with E-state index >= 15 is 0 Å². The molecule has 3 aromatic rings. The summed E-state index contributed by atoms with van der Waals surface area (Å²) in [6, 6.07) is 11.8. The van der Waals surface area contributed by atoms with Crippen LogP contribution in [0.4, 0.5) is 13.2 Å². The number of benzene rings is 1. The molecule has 0 saturated carbocycles. The molecule has 0 aliphatic rings. The van der Waals surface area contributed by atoms with Crippen molar-refractivity contribution < 1.29 is 18.0 Å². The lowest BCUT2D eigenvalue weighted by Crippen LogP contribution is -2.28. The van der Waals surface area contributed by atoms with E-state index in [2.05, 4.69) is 10.4 Å². The van der Waals surface area contributed by atoms with Crippen LogP contribution in [0.3, 0.4) is 0 Å². The Balaban J connectivity index is 1.72. The second-order valence-corrected chi connectivity index (χ2v) is 5.91. The summed E-state index contributed by atoms with van der Waals surface area (Å²) < 4.78 is 41.0. The maximum atomic E-state index is 12.7. The predicted octanol–water partition coefficient (Wildman–Crippen LogP) is 3.72. The van der Waals surface area contributed by atoms with Gasteiger partial charge >= 0.3 is 6.18 Å². The minimum absolute atomic E-state index is 0.145. The summed E-state index contributed by atoms with van der Waals surface area (Å²) in [5.74, 6) is -0.613. The fourth-order valence-corrected chi connectivity index (χ4v) is 2.61. The summed E-state index contributed by atoms with van der Waals surface area (Å²) in [5, 5.41) is 6.05. The van der Waals surface area contributed by atoms with E-state index in [0.717, 1.165) is 22.0 Å². The van der Waals surface area contributed by atoms with Gasteiger partial charge in [-0.1, -0.05) is 12.1 Å².